The van der Waals surface area contributed by atoms with Crippen molar-refractivity contribution >= 4 is 28.8 Å². The molecule has 3 N–H and O–H groups in total. The van der Waals surface area contributed by atoms with Crippen LogP contribution in [0.2, 0.25) is 5.02 Å². The van der Waals surface area contributed by atoms with Crippen LogP contribution in [0.1, 0.15) is 0 Å². The predicted molar refractivity (Wildman–Crippen MR) is 86.6 cm³/mol. The van der Waals surface area contributed by atoms with Gasteiger partial charge in [0, 0.05) is 22.0 Å². The predicted octanol–water partition coefficient (Wildman–Crippen LogP) is 4.12. The van der Waals surface area contributed by atoms with E-state index in [1.807, 2.05) is 48.5 Å². The summed E-state index contributed by atoms with van der Waals surface area (Å²) in [5.74, 6) is 0.659. The molecule has 21 heavy (non-hydrogen) atoms. The summed E-state index contributed by atoms with van der Waals surface area (Å²) in [6.07, 6.45) is 3.39. The number of nitrogens with zero attached hydrogens (tertiary/aromatic N) is 2. The van der Waals surface area contributed by atoms with E-state index in [0.29, 0.717) is 10.8 Å². The highest BCUT2D eigenvalue weighted by molar-refractivity contribution is 6.30. The first kappa shape index (κ1) is 13.4. The van der Waals surface area contributed by atoms with E-state index >= 15 is 0 Å². The van der Waals surface area contributed by atoms with Crippen molar-refractivity contribution in [3.05, 3.63) is 65.9 Å². The second-order valence-corrected chi connectivity index (χ2v) is 4.98. The number of hydrogen-bond acceptors (Lipinski definition) is 4. The van der Waals surface area contributed by atoms with Crippen LogP contribution in [-0.2, 0) is 0 Å². The first-order valence-electron chi connectivity index (χ1n) is 6.41. The first-order valence-corrected chi connectivity index (χ1v) is 6.79. The average Bonchev–Trinajstić information content (AvgIpc) is 2.48. The number of rotatable bonds is 3. The second-order valence-electron chi connectivity index (χ2n) is 4.55. The van der Waals surface area contributed by atoms with E-state index < -0.39 is 0 Å². The Morgan fingerprint density at radius 2 is 1.81 bits per heavy atom. The molecule has 1 aromatic heterocycles. The third-order valence-electron chi connectivity index (χ3n) is 2.94. The lowest BCUT2D eigenvalue weighted by Gasteiger charge is -2.07. The van der Waals surface area contributed by atoms with Gasteiger partial charge in [0.15, 0.2) is 0 Å². The van der Waals surface area contributed by atoms with Crippen molar-refractivity contribution in [2.24, 2.45) is 0 Å². The van der Waals surface area contributed by atoms with Gasteiger partial charge in [0.05, 0.1) is 18.1 Å². The molecule has 3 aromatic rings. The van der Waals surface area contributed by atoms with Gasteiger partial charge in [0.2, 0.25) is 0 Å². The van der Waals surface area contributed by atoms with Gasteiger partial charge >= 0.3 is 0 Å². The highest BCUT2D eigenvalue weighted by atomic mass is 35.5. The molecule has 0 unspecified atom stereocenters. The molecule has 5 heteroatoms. The molecule has 0 aliphatic heterocycles. The number of nitrogens with two attached hydrogens (primary N) is 1. The van der Waals surface area contributed by atoms with Crippen molar-refractivity contribution in [2.45, 2.75) is 0 Å². The van der Waals surface area contributed by atoms with E-state index in [0.717, 1.165) is 22.6 Å². The lowest BCUT2D eigenvalue weighted by molar-refractivity contribution is 1.20. The molecule has 1 heterocycles. The minimum atomic E-state index is 0.659. The molecule has 0 spiro atoms. The number of nitrogen functional groups attached to an aromatic ring is 1. The van der Waals surface area contributed by atoms with Crippen LogP contribution >= 0.6 is 11.6 Å². The SMILES string of the molecule is Nc1ccc(-c2cncc(Nc3cccc(Cl)c3)n2)cc1. The molecule has 0 saturated heterocycles. The monoisotopic (exact) mass is 296 g/mol. The fourth-order valence-corrected chi connectivity index (χ4v) is 2.12. The Morgan fingerprint density at radius 3 is 2.57 bits per heavy atom. The number of nitrogens with one attached hydrogen (secondary N) is 1. The molecule has 4 nitrogen and oxygen atoms in total. The van der Waals surface area contributed by atoms with Gasteiger partial charge in [-0.3, -0.25) is 4.98 Å². The van der Waals surface area contributed by atoms with E-state index in [1.54, 1.807) is 12.4 Å². The zero-order chi connectivity index (χ0) is 14.7. The minimum absolute atomic E-state index is 0.659. The third-order valence-corrected chi connectivity index (χ3v) is 3.17. The summed E-state index contributed by atoms with van der Waals surface area (Å²) >= 11 is 5.97. The van der Waals surface area contributed by atoms with Crippen LogP contribution in [0.15, 0.2) is 60.9 Å². The van der Waals surface area contributed by atoms with Crippen LogP contribution in [0.4, 0.5) is 17.2 Å². The topological polar surface area (TPSA) is 63.8 Å². The second kappa shape index (κ2) is 5.81. The van der Waals surface area contributed by atoms with Gasteiger partial charge in [0.25, 0.3) is 0 Å². The number of aromatic nitrogens is 2. The Morgan fingerprint density at radius 1 is 1.00 bits per heavy atom. The molecule has 2 aromatic carbocycles. The summed E-state index contributed by atoms with van der Waals surface area (Å²) in [5.41, 5.74) is 9.02. The minimum Gasteiger partial charge on any atom is -0.399 e. The van der Waals surface area contributed by atoms with Gasteiger partial charge in [-0.2, -0.15) is 0 Å². The van der Waals surface area contributed by atoms with Crippen molar-refractivity contribution in [1.82, 2.24) is 9.97 Å². The third kappa shape index (κ3) is 3.30. The van der Waals surface area contributed by atoms with Crippen LogP contribution in [0, 0.1) is 0 Å². The molecular weight excluding hydrogens is 284 g/mol. The summed E-state index contributed by atoms with van der Waals surface area (Å²) in [6, 6.07) is 15.0. The summed E-state index contributed by atoms with van der Waals surface area (Å²) in [5, 5.41) is 3.85. The van der Waals surface area contributed by atoms with Crippen molar-refractivity contribution in [3.63, 3.8) is 0 Å². The fourth-order valence-electron chi connectivity index (χ4n) is 1.93. The molecule has 0 radical (unpaired) electrons. The molecule has 0 bridgehead atoms. The van der Waals surface area contributed by atoms with E-state index in [9.17, 15) is 0 Å². The Kier molecular flexibility index (Phi) is 3.71. The van der Waals surface area contributed by atoms with Crippen molar-refractivity contribution < 1.29 is 0 Å². The van der Waals surface area contributed by atoms with Crippen LogP contribution < -0.4 is 11.1 Å². The van der Waals surface area contributed by atoms with E-state index in [-0.39, 0.29) is 0 Å². The highest BCUT2D eigenvalue weighted by Crippen LogP contribution is 2.22. The van der Waals surface area contributed by atoms with Crippen molar-refractivity contribution in [2.75, 3.05) is 11.1 Å². The van der Waals surface area contributed by atoms with E-state index in [2.05, 4.69) is 15.3 Å². The first-order chi connectivity index (χ1) is 10.2. The molecule has 0 atom stereocenters. The van der Waals surface area contributed by atoms with Gasteiger partial charge in [-0.05, 0) is 30.3 Å². The molecule has 0 aliphatic rings. The van der Waals surface area contributed by atoms with Gasteiger partial charge < -0.3 is 11.1 Å². The maximum atomic E-state index is 5.97. The highest BCUT2D eigenvalue weighted by Gasteiger charge is 2.03. The molecule has 104 valence electrons. The molecule has 0 saturated carbocycles. The Labute approximate surface area is 127 Å². The Balaban J connectivity index is 1.88. The lowest BCUT2D eigenvalue weighted by atomic mass is 10.1. The van der Waals surface area contributed by atoms with Gasteiger partial charge in [-0.25, -0.2) is 4.98 Å². The largest absolute Gasteiger partial charge is 0.399 e. The van der Waals surface area contributed by atoms with E-state index in [1.165, 1.54) is 0 Å². The van der Waals surface area contributed by atoms with Gasteiger partial charge in [0.1, 0.15) is 5.82 Å². The van der Waals surface area contributed by atoms with Crippen LogP contribution in [0.3, 0.4) is 0 Å². The van der Waals surface area contributed by atoms with Crippen LogP contribution in [0.25, 0.3) is 11.3 Å². The quantitative estimate of drug-likeness (QED) is 0.714. The normalized spacial score (nSPS) is 10.3. The smallest absolute Gasteiger partial charge is 0.149 e. The van der Waals surface area contributed by atoms with Gasteiger partial charge in [-0.1, -0.05) is 29.8 Å². The van der Waals surface area contributed by atoms with Crippen LogP contribution in [0.5, 0.6) is 0 Å². The molecule has 3 rings (SSSR count). The molecular formula is C16H13ClN4. The number of benzene rings is 2. The Bertz CT molecular complexity index is 756. The maximum Gasteiger partial charge on any atom is 0.149 e. The summed E-state index contributed by atoms with van der Waals surface area (Å²) in [4.78, 5) is 8.75. The maximum absolute atomic E-state index is 5.97. The molecule has 0 amide bonds. The van der Waals surface area contributed by atoms with Crippen molar-refractivity contribution in [3.8, 4) is 11.3 Å². The number of anilines is 3. The lowest BCUT2D eigenvalue weighted by Crippen LogP contribution is -1.96. The zero-order valence-corrected chi connectivity index (χ0v) is 11.9. The number of halogens is 1. The van der Waals surface area contributed by atoms with Crippen molar-refractivity contribution in [1.29, 1.82) is 0 Å². The summed E-state index contributed by atoms with van der Waals surface area (Å²) < 4.78 is 0. The van der Waals surface area contributed by atoms with E-state index in [4.69, 9.17) is 17.3 Å². The zero-order valence-electron chi connectivity index (χ0n) is 11.1. The fraction of sp³-hybridized carbons (Fsp3) is 0. The number of hydrogen-bond donors (Lipinski definition) is 2. The van der Waals surface area contributed by atoms with Gasteiger partial charge in [-0.15, -0.1) is 0 Å². The summed E-state index contributed by atoms with van der Waals surface area (Å²) in [6.45, 7) is 0. The standard InChI is InChI=1S/C16H13ClN4/c17-12-2-1-3-14(8-12)20-16-10-19-9-15(21-16)11-4-6-13(18)7-5-11/h1-10H,18H2,(H,20,21). The Hall–Kier alpha value is -2.59. The summed E-state index contributed by atoms with van der Waals surface area (Å²) in [7, 11) is 0. The van der Waals surface area contributed by atoms with Crippen LogP contribution in [-0.4, -0.2) is 9.97 Å². The molecule has 0 fully saturated rings. The molecule has 0 aliphatic carbocycles. The average molecular weight is 297 g/mol.